The van der Waals surface area contributed by atoms with Gasteiger partial charge in [-0.3, -0.25) is 10.2 Å². The van der Waals surface area contributed by atoms with Crippen molar-refractivity contribution in [3.05, 3.63) is 101 Å². The van der Waals surface area contributed by atoms with E-state index in [2.05, 4.69) is 11.4 Å². The van der Waals surface area contributed by atoms with E-state index >= 15 is 0 Å². The van der Waals surface area contributed by atoms with Crippen LogP contribution in [0, 0.1) is 16.7 Å². The van der Waals surface area contributed by atoms with E-state index in [-0.39, 0.29) is 11.7 Å². The first-order valence-corrected chi connectivity index (χ1v) is 10.0. The Kier molecular flexibility index (Phi) is 5.60. The van der Waals surface area contributed by atoms with Gasteiger partial charge in [0, 0.05) is 35.2 Å². The zero-order valence-corrected chi connectivity index (χ0v) is 17.3. The highest BCUT2D eigenvalue weighted by Gasteiger charge is 2.16. The van der Waals surface area contributed by atoms with E-state index in [1.165, 1.54) is 0 Å². The Morgan fingerprint density at radius 1 is 1.03 bits per heavy atom. The summed E-state index contributed by atoms with van der Waals surface area (Å²) in [7, 11) is 0. The average molecular weight is 422 g/mol. The first-order valence-electron chi connectivity index (χ1n) is 10.0. The summed E-state index contributed by atoms with van der Waals surface area (Å²) in [5, 5.41) is 20.6. The van der Waals surface area contributed by atoms with Crippen LogP contribution in [0.4, 0.5) is 5.69 Å². The van der Waals surface area contributed by atoms with Crippen molar-refractivity contribution in [3.63, 3.8) is 0 Å². The molecule has 0 radical (unpaired) electrons. The van der Waals surface area contributed by atoms with Gasteiger partial charge in [0.05, 0.1) is 11.6 Å². The van der Waals surface area contributed by atoms with E-state index in [1.54, 1.807) is 30.3 Å². The molecule has 0 unspecified atom stereocenters. The number of carbonyl (C=O) groups is 1. The lowest BCUT2D eigenvalue weighted by Crippen LogP contribution is -2.26. The Morgan fingerprint density at radius 2 is 1.81 bits per heavy atom. The van der Waals surface area contributed by atoms with Gasteiger partial charge >= 0.3 is 0 Å². The largest absolute Gasteiger partial charge is 0.399 e. The van der Waals surface area contributed by atoms with Crippen LogP contribution in [0.3, 0.4) is 0 Å². The van der Waals surface area contributed by atoms with Crippen molar-refractivity contribution in [2.24, 2.45) is 5.73 Å². The number of hydrogen-bond acceptors (Lipinski definition) is 4. The van der Waals surface area contributed by atoms with Gasteiger partial charge in [0.15, 0.2) is 0 Å². The Bertz CT molecular complexity index is 1380. The van der Waals surface area contributed by atoms with Gasteiger partial charge in [-0.05, 0) is 53.6 Å². The molecule has 0 spiro atoms. The number of benzene rings is 3. The fourth-order valence-electron chi connectivity index (χ4n) is 3.69. The second-order valence-electron chi connectivity index (χ2n) is 7.54. The third kappa shape index (κ3) is 4.30. The maximum atomic E-state index is 13.1. The molecule has 7 heteroatoms. The number of anilines is 1. The highest BCUT2D eigenvalue weighted by atomic mass is 16.1. The van der Waals surface area contributed by atoms with Crippen LogP contribution < -0.4 is 16.8 Å². The fourth-order valence-corrected chi connectivity index (χ4v) is 3.69. The van der Waals surface area contributed by atoms with Crippen LogP contribution in [0.1, 0.15) is 32.7 Å². The summed E-state index contributed by atoms with van der Waals surface area (Å²) in [6.45, 7) is 0.735. The molecule has 4 rings (SSSR count). The summed E-state index contributed by atoms with van der Waals surface area (Å²) in [4.78, 5) is 13.1. The van der Waals surface area contributed by atoms with Crippen LogP contribution in [-0.2, 0) is 13.1 Å². The van der Waals surface area contributed by atoms with Gasteiger partial charge in [-0.2, -0.15) is 5.26 Å². The Morgan fingerprint density at radius 3 is 2.59 bits per heavy atom. The van der Waals surface area contributed by atoms with Gasteiger partial charge in [-0.1, -0.05) is 30.3 Å². The first-order chi connectivity index (χ1) is 15.4. The number of carbonyl (C=O) groups excluding carboxylic acids is 1. The SMILES string of the molecule is N#Cc1cccc(Cn2c(C(=O)NCc3cccc(C(=N)N)c3)cc3cc(N)ccc32)c1. The minimum absolute atomic E-state index is 0.0181. The van der Waals surface area contributed by atoms with E-state index in [0.29, 0.717) is 35.6 Å². The first kappa shape index (κ1) is 20.7. The molecule has 1 aromatic heterocycles. The van der Waals surface area contributed by atoms with Gasteiger partial charge < -0.3 is 21.4 Å². The molecule has 1 heterocycles. The Hall–Kier alpha value is -4.57. The number of hydrogen-bond donors (Lipinski definition) is 4. The number of amides is 1. The van der Waals surface area contributed by atoms with E-state index in [9.17, 15) is 10.1 Å². The minimum Gasteiger partial charge on any atom is -0.399 e. The Balaban J connectivity index is 1.65. The molecule has 32 heavy (non-hydrogen) atoms. The molecule has 4 aromatic rings. The highest BCUT2D eigenvalue weighted by Crippen LogP contribution is 2.24. The predicted molar refractivity (Wildman–Crippen MR) is 125 cm³/mol. The van der Waals surface area contributed by atoms with Crippen LogP contribution in [0.5, 0.6) is 0 Å². The van der Waals surface area contributed by atoms with E-state index in [0.717, 1.165) is 22.0 Å². The minimum atomic E-state index is -0.232. The molecule has 0 aliphatic carbocycles. The maximum Gasteiger partial charge on any atom is 0.268 e. The van der Waals surface area contributed by atoms with Crippen molar-refractivity contribution in [2.75, 3.05) is 5.73 Å². The molecular weight excluding hydrogens is 400 g/mol. The topological polar surface area (TPSA) is 134 Å². The molecule has 1 amide bonds. The quantitative estimate of drug-likeness (QED) is 0.215. The number of nitrogens with zero attached hydrogens (tertiary/aromatic N) is 2. The molecule has 3 aromatic carbocycles. The van der Waals surface area contributed by atoms with Gasteiger partial charge in [0.25, 0.3) is 5.91 Å². The van der Waals surface area contributed by atoms with Crippen molar-refractivity contribution in [1.82, 2.24) is 9.88 Å². The van der Waals surface area contributed by atoms with E-state index < -0.39 is 0 Å². The van der Waals surface area contributed by atoms with Crippen molar-refractivity contribution >= 4 is 28.3 Å². The number of amidine groups is 1. The van der Waals surface area contributed by atoms with E-state index in [1.807, 2.05) is 47.0 Å². The van der Waals surface area contributed by atoms with E-state index in [4.69, 9.17) is 16.9 Å². The standard InChI is InChI=1S/C25H22N6O/c26-13-16-3-1-5-18(9-16)15-31-22-8-7-21(27)11-20(22)12-23(31)25(32)30-14-17-4-2-6-19(10-17)24(28)29/h1-12H,14-15,27H2,(H3,28,29)(H,30,32). The molecular formula is C25H22N6O. The smallest absolute Gasteiger partial charge is 0.268 e. The van der Waals surface area contributed by atoms with Crippen LogP contribution in [-0.4, -0.2) is 16.3 Å². The van der Waals surface area contributed by atoms with Gasteiger partial charge in [-0.25, -0.2) is 0 Å². The molecule has 0 saturated carbocycles. The molecule has 0 aliphatic heterocycles. The molecule has 158 valence electrons. The fraction of sp³-hybridized carbons (Fsp3) is 0.0800. The maximum absolute atomic E-state index is 13.1. The molecule has 0 atom stereocenters. The lowest BCUT2D eigenvalue weighted by Gasteiger charge is -2.12. The lowest BCUT2D eigenvalue weighted by atomic mass is 10.1. The number of rotatable bonds is 6. The number of aromatic nitrogens is 1. The van der Waals surface area contributed by atoms with Crippen molar-refractivity contribution in [2.45, 2.75) is 13.1 Å². The van der Waals surface area contributed by atoms with Gasteiger partial charge in [-0.15, -0.1) is 0 Å². The monoisotopic (exact) mass is 422 g/mol. The second-order valence-corrected chi connectivity index (χ2v) is 7.54. The molecule has 0 fully saturated rings. The number of nitrogens with two attached hydrogens (primary N) is 2. The number of nitriles is 1. The van der Waals surface area contributed by atoms with Crippen LogP contribution in [0.2, 0.25) is 0 Å². The molecule has 6 N–H and O–H groups in total. The summed E-state index contributed by atoms with van der Waals surface area (Å²) in [6.07, 6.45) is 0. The lowest BCUT2D eigenvalue weighted by molar-refractivity contribution is 0.0942. The normalized spacial score (nSPS) is 10.6. The van der Waals surface area contributed by atoms with Crippen molar-refractivity contribution < 1.29 is 4.79 Å². The average Bonchev–Trinajstić information content (AvgIpc) is 3.15. The predicted octanol–water partition coefficient (Wildman–Crippen LogP) is 3.36. The molecule has 7 nitrogen and oxygen atoms in total. The Labute approximate surface area is 185 Å². The van der Waals surface area contributed by atoms with Gasteiger partial charge in [0.2, 0.25) is 0 Å². The number of nitrogens with one attached hydrogen (secondary N) is 2. The molecule has 0 bridgehead atoms. The summed E-state index contributed by atoms with van der Waals surface area (Å²) >= 11 is 0. The summed E-state index contributed by atoms with van der Waals surface area (Å²) in [6, 6.07) is 24.1. The third-order valence-corrected chi connectivity index (χ3v) is 5.25. The van der Waals surface area contributed by atoms with Gasteiger partial charge in [0.1, 0.15) is 11.5 Å². The summed E-state index contributed by atoms with van der Waals surface area (Å²) in [5.74, 6) is -0.250. The molecule has 0 saturated heterocycles. The number of fused-ring (bicyclic) bond motifs is 1. The zero-order chi connectivity index (χ0) is 22.7. The number of nitrogen functional groups attached to an aromatic ring is 2. The van der Waals surface area contributed by atoms with Crippen LogP contribution in [0.15, 0.2) is 72.8 Å². The van der Waals surface area contributed by atoms with Crippen LogP contribution >= 0.6 is 0 Å². The second kappa shape index (κ2) is 8.66. The van der Waals surface area contributed by atoms with Crippen LogP contribution in [0.25, 0.3) is 10.9 Å². The third-order valence-electron chi connectivity index (χ3n) is 5.25. The summed E-state index contributed by atoms with van der Waals surface area (Å²) in [5.41, 5.74) is 16.5. The van der Waals surface area contributed by atoms with Crippen molar-refractivity contribution in [3.8, 4) is 6.07 Å². The summed E-state index contributed by atoms with van der Waals surface area (Å²) < 4.78 is 1.92. The zero-order valence-electron chi connectivity index (χ0n) is 17.3. The highest BCUT2D eigenvalue weighted by molar-refractivity contribution is 5.99. The molecule has 0 aliphatic rings. The van der Waals surface area contributed by atoms with Crippen molar-refractivity contribution in [1.29, 1.82) is 10.7 Å².